The van der Waals surface area contributed by atoms with Crippen LogP contribution < -0.4 is 11.1 Å². The minimum Gasteiger partial charge on any atom is -0.394 e. The third-order valence-electron chi connectivity index (χ3n) is 3.11. The maximum atomic E-state index is 8.67. The average Bonchev–Trinajstić information content (AvgIpc) is 2.70. The SMILES string of the molecule is CCCn1nc(C)c(N)c1Nc1ccc(CC#N)cc1. The Bertz CT molecular complexity index is 619. The van der Waals surface area contributed by atoms with Crippen LogP contribution in [0.4, 0.5) is 17.2 Å². The summed E-state index contributed by atoms with van der Waals surface area (Å²) >= 11 is 0. The largest absolute Gasteiger partial charge is 0.394 e. The van der Waals surface area contributed by atoms with Crippen LogP contribution in [0.25, 0.3) is 0 Å². The van der Waals surface area contributed by atoms with E-state index in [9.17, 15) is 0 Å². The summed E-state index contributed by atoms with van der Waals surface area (Å²) in [6, 6.07) is 9.91. The molecule has 1 heterocycles. The zero-order valence-corrected chi connectivity index (χ0v) is 11.8. The summed E-state index contributed by atoms with van der Waals surface area (Å²) in [6.07, 6.45) is 1.42. The van der Waals surface area contributed by atoms with Gasteiger partial charge in [0.25, 0.3) is 0 Å². The number of nitrogens with two attached hydrogens (primary N) is 1. The standard InChI is InChI=1S/C15H19N5/c1-3-10-20-15(14(17)11(2)19-20)18-13-6-4-12(5-7-13)8-9-16/h4-7,18H,3,8,10,17H2,1-2H3. The first-order valence-electron chi connectivity index (χ1n) is 6.71. The molecule has 0 unspecified atom stereocenters. The second-order valence-electron chi connectivity index (χ2n) is 4.73. The average molecular weight is 269 g/mol. The third-order valence-corrected chi connectivity index (χ3v) is 3.11. The summed E-state index contributed by atoms with van der Waals surface area (Å²) < 4.78 is 1.90. The van der Waals surface area contributed by atoms with Crippen molar-refractivity contribution in [2.75, 3.05) is 11.1 Å². The molecule has 2 aromatic rings. The molecular weight excluding hydrogens is 250 g/mol. The number of hydrogen-bond acceptors (Lipinski definition) is 4. The summed E-state index contributed by atoms with van der Waals surface area (Å²) in [6.45, 7) is 4.84. The molecule has 1 aromatic carbocycles. The molecule has 0 atom stereocenters. The minimum absolute atomic E-state index is 0.426. The number of hydrogen-bond donors (Lipinski definition) is 2. The van der Waals surface area contributed by atoms with Crippen molar-refractivity contribution >= 4 is 17.2 Å². The Kier molecular flexibility index (Phi) is 4.26. The van der Waals surface area contributed by atoms with E-state index in [4.69, 9.17) is 11.0 Å². The first-order chi connectivity index (χ1) is 9.65. The van der Waals surface area contributed by atoms with E-state index >= 15 is 0 Å². The molecule has 0 bridgehead atoms. The molecule has 0 aliphatic heterocycles. The molecule has 1 aromatic heterocycles. The fourth-order valence-electron chi connectivity index (χ4n) is 2.03. The topological polar surface area (TPSA) is 79.7 Å². The maximum absolute atomic E-state index is 8.67. The Morgan fingerprint density at radius 2 is 2.05 bits per heavy atom. The molecule has 0 aliphatic rings. The predicted octanol–water partition coefficient (Wildman–Crippen LogP) is 2.99. The maximum Gasteiger partial charge on any atom is 0.152 e. The molecule has 0 spiro atoms. The third kappa shape index (κ3) is 2.91. The molecule has 0 saturated carbocycles. The number of nitriles is 1. The van der Waals surface area contributed by atoms with Gasteiger partial charge in [-0.25, -0.2) is 4.68 Å². The summed E-state index contributed by atoms with van der Waals surface area (Å²) in [5.74, 6) is 0.831. The summed E-state index contributed by atoms with van der Waals surface area (Å²) in [5, 5.41) is 16.4. The van der Waals surface area contributed by atoms with Crippen LogP contribution in [0.2, 0.25) is 0 Å². The highest BCUT2D eigenvalue weighted by Crippen LogP contribution is 2.26. The number of rotatable bonds is 5. The van der Waals surface area contributed by atoms with Gasteiger partial charge in [-0.05, 0) is 31.0 Å². The van der Waals surface area contributed by atoms with Crippen LogP contribution in [-0.4, -0.2) is 9.78 Å². The van der Waals surface area contributed by atoms with Crippen LogP contribution in [-0.2, 0) is 13.0 Å². The van der Waals surface area contributed by atoms with E-state index in [0.29, 0.717) is 12.1 Å². The first-order valence-corrected chi connectivity index (χ1v) is 6.71. The number of anilines is 3. The minimum atomic E-state index is 0.426. The first kappa shape index (κ1) is 13.9. The van der Waals surface area contributed by atoms with E-state index < -0.39 is 0 Å². The summed E-state index contributed by atoms with van der Waals surface area (Å²) in [5.41, 5.74) is 9.53. The van der Waals surface area contributed by atoms with E-state index in [1.54, 1.807) is 0 Å². The summed E-state index contributed by atoms with van der Waals surface area (Å²) in [4.78, 5) is 0. The van der Waals surface area contributed by atoms with Crippen molar-refractivity contribution in [2.45, 2.75) is 33.2 Å². The lowest BCUT2D eigenvalue weighted by Gasteiger charge is -2.10. The van der Waals surface area contributed by atoms with Gasteiger partial charge in [0.1, 0.15) is 0 Å². The van der Waals surface area contributed by atoms with Gasteiger partial charge in [-0.15, -0.1) is 0 Å². The zero-order chi connectivity index (χ0) is 14.5. The van der Waals surface area contributed by atoms with Gasteiger partial charge in [-0.3, -0.25) is 0 Å². The van der Waals surface area contributed by atoms with Crippen molar-refractivity contribution in [2.24, 2.45) is 0 Å². The molecule has 104 valence electrons. The Balaban J connectivity index is 2.23. The highest BCUT2D eigenvalue weighted by Gasteiger charge is 2.12. The lowest BCUT2D eigenvalue weighted by atomic mass is 10.1. The molecule has 2 rings (SSSR count). The Labute approximate surface area is 119 Å². The molecule has 0 amide bonds. The monoisotopic (exact) mass is 269 g/mol. The van der Waals surface area contributed by atoms with Crippen molar-refractivity contribution in [3.8, 4) is 6.07 Å². The van der Waals surface area contributed by atoms with Crippen LogP contribution >= 0.6 is 0 Å². The van der Waals surface area contributed by atoms with Gasteiger partial charge >= 0.3 is 0 Å². The molecule has 0 saturated heterocycles. The van der Waals surface area contributed by atoms with Gasteiger partial charge in [0.2, 0.25) is 0 Å². The summed E-state index contributed by atoms with van der Waals surface area (Å²) in [7, 11) is 0. The Morgan fingerprint density at radius 1 is 1.35 bits per heavy atom. The smallest absolute Gasteiger partial charge is 0.152 e. The van der Waals surface area contributed by atoms with E-state index in [-0.39, 0.29) is 0 Å². The van der Waals surface area contributed by atoms with E-state index in [1.165, 1.54) is 0 Å². The molecule has 0 aliphatic carbocycles. The van der Waals surface area contributed by atoms with Crippen LogP contribution in [0.1, 0.15) is 24.6 Å². The molecule has 0 radical (unpaired) electrons. The van der Waals surface area contributed by atoms with Crippen molar-refractivity contribution in [3.63, 3.8) is 0 Å². The molecule has 5 nitrogen and oxygen atoms in total. The van der Waals surface area contributed by atoms with Gasteiger partial charge in [0, 0.05) is 12.2 Å². The second kappa shape index (κ2) is 6.11. The quantitative estimate of drug-likeness (QED) is 0.874. The highest BCUT2D eigenvalue weighted by atomic mass is 15.3. The van der Waals surface area contributed by atoms with E-state index in [2.05, 4.69) is 23.4 Å². The van der Waals surface area contributed by atoms with E-state index in [1.807, 2.05) is 35.9 Å². The predicted molar refractivity (Wildman–Crippen MR) is 80.7 cm³/mol. The molecule has 3 N–H and O–H groups in total. The van der Waals surface area contributed by atoms with Crippen molar-refractivity contribution < 1.29 is 0 Å². The lowest BCUT2D eigenvalue weighted by Crippen LogP contribution is -2.05. The van der Waals surface area contributed by atoms with Crippen LogP contribution in [0, 0.1) is 18.3 Å². The fourth-order valence-corrected chi connectivity index (χ4v) is 2.03. The Morgan fingerprint density at radius 3 is 2.65 bits per heavy atom. The van der Waals surface area contributed by atoms with Crippen LogP contribution in [0.5, 0.6) is 0 Å². The van der Waals surface area contributed by atoms with Gasteiger partial charge in [-0.1, -0.05) is 19.1 Å². The highest BCUT2D eigenvalue weighted by molar-refractivity contribution is 5.71. The molecule has 0 fully saturated rings. The molecule has 20 heavy (non-hydrogen) atoms. The number of benzene rings is 1. The number of nitrogens with zero attached hydrogens (tertiary/aromatic N) is 3. The fraction of sp³-hybridized carbons (Fsp3) is 0.333. The van der Waals surface area contributed by atoms with Crippen molar-refractivity contribution in [1.29, 1.82) is 5.26 Å². The van der Waals surface area contributed by atoms with Gasteiger partial charge < -0.3 is 11.1 Å². The zero-order valence-electron chi connectivity index (χ0n) is 11.8. The van der Waals surface area contributed by atoms with Crippen molar-refractivity contribution in [3.05, 3.63) is 35.5 Å². The number of nitrogens with one attached hydrogen (secondary N) is 1. The lowest BCUT2D eigenvalue weighted by molar-refractivity contribution is 0.605. The van der Waals surface area contributed by atoms with Crippen molar-refractivity contribution in [1.82, 2.24) is 9.78 Å². The van der Waals surface area contributed by atoms with Crippen LogP contribution in [0.3, 0.4) is 0 Å². The van der Waals surface area contributed by atoms with Gasteiger partial charge in [-0.2, -0.15) is 10.4 Å². The number of aryl methyl sites for hydroxylation is 2. The van der Waals surface area contributed by atoms with Crippen LogP contribution in [0.15, 0.2) is 24.3 Å². The number of nitrogen functional groups attached to an aromatic ring is 1. The van der Waals surface area contributed by atoms with Gasteiger partial charge in [0.15, 0.2) is 5.82 Å². The van der Waals surface area contributed by atoms with E-state index in [0.717, 1.165) is 35.7 Å². The number of aromatic nitrogens is 2. The van der Waals surface area contributed by atoms with Gasteiger partial charge in [0.05, 0.1) is 23.9 Å². The second-order valence-corrected chi connectivity index (χ2v) is 4.73. The Hall–Kier alpha value is -2.48. The molecule has 5 heteroatoms. The molecular formula is C15H19N5. The normalized spacial score (nSPS) is 10.2.